The van der Waals surface area contributed by atoms with Crippen LogP contribution in [0.4, 0.5) is 17.6 Å². The van der Waals surface area contributed by atoms with Gasteiger partial charge < -0.3 is 15.5 Å². The number of aliphatic hydroxyl groups excluding tert-OH is 1. The Kier molecular flexibility index (Phi) is 5.59. The minimum Gasteiger partial charge on any atom is -0.393 e. The van der Waals surface area contributed by atoms with Gasteiger partial charge in [0.15, 0.2) is 0 Å². The highest BCUT2D eigenvalue weighted by atomic mass is 35.5. The predicted octanol–water partition coefficient (Wildman–Crippen LogP) is 3.21. The van der Waals surface area contributed by atoms with Crippen molar-refractivity contribution in [3.05, 3.63) is 63.9 Å². The lowest BCUT2D eigenvalue weighted by molar-refractivity contribution is -0.138. The normalized spacial score (nSPS) is 24.1. The zero-order valence-corrected chi connectivity index (χ0v) is 15.7. The number of nitrogens with zero attached hydrogens (tertiary/aromatic N) is 1. The number of hydrogen-bond donors (Lipinski definition) is 3. The van der Waals surface area contributed by atoms with E-state index in [0.717, 1.165) is 12.1 Å². The molecule has 0 radical (unpaired) electrons. The number of amides is 1. The molecule has 156 valence electrons. The number of carbonyl (C=O) groups excluding carboxylic acids is 1. The van der Waals surface area contributed by atoms with Gasteiger partial charge in [-0.3, -0.25) is 9.78 Å². The van der Waals surface area contributed by atoms with Crippen LogP contribution in [0.25, 0.3) is 0 Å². The van der Waals surface area contributed by atoms with Crippen LogP contribution in [0, 0.1) is 0 Å². The van der Waals surface area contributed by atoms with E-state index in [9.17, 15) is 28.2 Å². The number of halogens is 5. The Bertz CT molecular complexity index is 940. The van der Waals surface area contributed by atoms with E-state index >= 15 is 4.39 Å². The smallest absolute Gasteiger partial charge is 0.393 e. The van der Waals surface area contributed by atoms with Crippen LogP contribution in [0.5, 0.6) is 0 Å². The lowest BCUT2D eigenvalue weighted by Gasteiger charge is -2.38. The minimum atomic E-state index is -4.67. The van der Waals surface area contributed by atoms with Crippen molar-refractivity contribution in [3.8, 4) is 0 Å². The standard InChI is InChI=1S/C19H17ClF4N2O3/c20-14-11(3-1-4-12(14)19(22,23)24)9-26-16(28)18(21)7-6-17(29,10-27)15-13(18)5-2-8-25-15/h1-5,8,27,29H,6-7,9-10H2,(H,26,28). The topological polar surface area (TPSA) is 82.5 Å². The van der Waals surface area contributed by atoms with Gasteiger partial charge in [0.1, 0.15) is 5.60 Å². The number of alkyl halides is 4. The van der Waals surface area contributed by atoms with Crippen molar-refractivity contribution in [1.29, 1.82) is 0 Å². The fourth-order valence-electron chi connectivity index (χ4n) is 3.37. The molecule has 1 amide bonds. The van der Waals surface area contributed by atoms with Crippen molar-refractivity contribution in [1.82, 2.24) is 10.3 Å². The molecule has 0 bridgehead atoms. The molecule has 10 heteroatoms. The quantitative estimate of drug-likeness (QED) is 0.648. The first-order valence-corrected chi connectivity index (χ1v) is 9.02. The molecule has 2 atom stereocenters. The van der Waals surface area contributed by atoms with Crippen LogP contribution in [-0.2, 0) is 28.8 Å². The maximum absolute atomic E-state index is 15.7. The summed E-state index contributed by atoms with van der Waals surface area (Å²) in [6.07, 6.45) is -4.07. The second-order valence-corrected chi connectivity index (χ2v) is 7.23. The SMILES string of the molecule is O=C(NCc1cccc(C(F)(F)F)c1Cl)C1(F)CCC(O)(CO)c2ncccc21. The molecule has 1 heterocycles. The van der Waals surface area contributed by atoms with Crippen LogP contribution >= 0.6 is 11.6 Å². The summed E-state index contributed by atoms with van der Waals surface area (Å²) in [5, 5.41) is 21.6. The number of hydrogen-bond acceptors (Lipinski definition) is 4. The highest BCUT2D eigenvalue weighted by molar-refractivity contribution is 6.32. The van der Waals surface area contributed by atoms with Gasteiger partial charge in [0.25, 0.3) is 5.91 Å². The number of pyridine rings is 1. The van der Waals surface area contributed by atoms with E-state index in [0.29, 0.717) is 0 Å². The molecule has 0 aliphatic heterocycles. The summed E-state index contributed by atoms with van der Waals surface area (Å²) in [7, 11) is 0. The second kappa shape index (κ2) is 7.55. The van der Waals surface area contributed by atoms with Gasteiger partial charge in [0.2, 0.25) is 5.67 Å². The largest absolute Gasteiger partial charge is 0.417 e. The van der Waals surface area contributed by atoms with E-state index in [1.54, 1.807) is 0 Å². The first-order valence-electron chi connectivity index (χ1n) is 8.64. The second-order valence-electron chi connectivity index (χ2n) is 6.85. The Morgan fingerprint density at radius 2 is 1.97 bits per heavy atom. The number of aliphatic hydroxyl groups is 2. The molecule has 2 unspecified atom stereocenters. The van der Waals surface area contributed by atoms with Gasteiger partial charge >= 0.3 is 6.18 Å². The van der Waals surface area contributed by atoms with E-state index in [2.05, 4.69) is 10.3 Å². The van der Waals surface area contributed by atoms with Crippen molar-refractivity contribution < 1.29 is 32.6 Å². The Morgan fingerprint density at radius 3 is 2.62 bits per heavy atom. The highest BCUT2D eigenvalue weighted by Gasteiger charge is 2.51. The molecule has 2 aromatic rings. The molecular weight excluding hydrogens is 416 g/mol. The maximum atomic E-state index is 15.7. The van der Waals surface area contributed by atoms with E-state index in [-0.39, 0.29) is 23.2 Å². The zero-order chi connectivity index (χ0) is 21.4. The van der Waals surface area contributed by atoms with Crippen LogP contribution in [0.15, 0.2) is 36.5 Å². The summed E-state index contributed by atoms with van der Waals surface area (Å²) in [6.45, 7) is -1.12. The summed E-state index contributed by atoms with van der Waals surface area (Å²) in [5.74, 6) is -1.10. The van der Waals surface area contributed by atoms with E-state index in [1.165, 1.54) is 24.4 Å². The fourth-order valence-corrected chi connectivity index (χ4v) is 3.67. The molecular formula is C19H17ClF4N2O3. The molecule has 0 spiro atoms. The molecule has 3 N–H and O–H groups in total. The lowest BCUT2D eigenvalue weighted by Crippen LogP contribution is -2.49. The maximum Gasteiger partial charge on any atom is 0.417 e. The molecule has 1 aliphatic carbocycles. The first-order chi connectivity index (χ1) is 13.5. The summed E-state index contributed by atoms with van der Waals surface area (Å²) < 4.78 is 54.6. The molecule has 0 fully saturated rings. The van der Waals surface area contributed by atoms with Crippen LogP contribution < -0.4 is 5.32 Å². The molecule has 1 aromatic heterocycles. The number of nitrogens with one attached hydrogen (secondary N) is 1. The Hall–Kier alpha value is -2.23. The summed E-state index contributed by atoms with van der Waals surface area (Å²) in [6, 6.07) is 5.90. The molecule has 29 heavy (non-hydrogen) atoms. The first kappa shape index (κ1) is 21.5. The van der Waals surface area contributed by atoms with Gasteiger partial charge in [-0.2, -0.15) is 13.2 Å². The van der Waals surface area contributed by atoms with Crippen molar-refractivity contribution in [2.24, 2.45) is 0 Å². The summed E-state index contributed by atoms with van der Waals surface area (Å²) in [4.78, 5) is 16.5. The van der Waals surface area contributed by atoms with Crippen LogP contribution in [0.3, 0.4) is 0 Å². The van der Waals surface area contributed by atoms with E-state index < -0.39 is 53.5 Å². The molecule has 3 rings (SSSR count). The van der Waals surface area contributed by atoms with Crippen LogP contribution in [0.1, 0.15) is 35.2 Å². The Balaban J connectivity index is 1.86. The van der Waals surface area contributed by atoms with Gasteiger partial charge in [0.05, 0.1) is 22.9 Å². The third kappa shape index (κ3) is 3.82. The van der Waals surface area contributed by atoms with E-state index in [4.69, 9.17) is 11.6 Å². The summed E-state index contributed by atoms with van der Waals surface area (Å²) >= 11 is 5.80. The third-order valence-electron chi connectivity index (χ3n) is 5.00. The third-order valence-corrected chi connectivity index (χ3v) is 5.45. The Morgan fingerprint density at radius 1 is 1.24 bits per heavy atom. The van der Waals surface area contributed by atoms with E-state index in [1.807, 2.05) is 0 Å². The number of aromatic nitrogens is 1. The van der Waals surface area contributed by atoms with Gasteiger partial charge in [-0.25, -0.2) is 4.39 Å². The lowest BCUT2D eigenvalue weighted by atomic mass is 9.74. The van der Waals surface area contributed by atoms with Gasteiger partial charge in [-0.15, -0.1) is 0 Å². The van der Waals surface area contributed by atoms with Crippen LogP contribution in [-0.4, -0.2) is 27.7 Å². The number of carbonyl (C=O) groups is 1. The molecule has 1 aromatic carbocycles. The fraction of sp³-hybridized carbons (Fsp3) is 0.368. The Labute approximate surface area is 168 Å². The zero-order valence-electron chi connectivity index (χ0n) is 14.9. The highest BCUT2D eigenvalue weighted by Crippen LogP contribution is 2.45. The molecule has 1 aliphatic rings. The number of fused-ring (bicyclic) bond motifs is 1. The minimum absolute atomic E-state index is 0.0208. The molecule has 0 saturated heterocycles. The van der Waals surface area contributed by atoms with Gasteiger partial charge in [-0.1, -0.05) is 29.8 Å². The monoisotopic (exact) mass is 432 g/mol. The summed E-state index contributed by atoms with van der Waals surface area (Å²) in [5.41, 5.74) is -5.77. The van der Waals surface area contributed by atoms with Crippen molar-refractivity contribution in [2.75, 3.05) is 6.61 Å². The van der Waals surface area contributed by atoms with Crippen LogP contribution in [0.2, 0.25) is 5.02 Å². The van der Waals surface area contributed by atoms with Crippen molar-refractivity contribution >= 4 is 17.5 Å². The van der Waals surface area contributed by atoms with Crippen molar-refractivity contribution in [2.45, 2.75) is 36.8 Å². The van der Waals surface area contributed by atoms with Crippen molar-refractivity contribution in [3.63, 3.8) is 0 Å². The molecule has 5 nitrogen and oxygen atoms in total. The number of benzene rings is 1. The van der Waals surface area contributed by atoms with Gasteiger partial charge in [0, 0.05) is 18.3 Å². The molecule has 0 saturated carbocycles. The van der Waals surface area contributed by atoms with Gasteiger partial charge in [-0.05, 0) is 30.5 Å². The number of rotatable bonds is 4. The average molecular weight is 433 g/mol. The average Bonchev–Trinajstić information content (AvgIpc) is 2.69. The predicted molar refractivity (Wildman–Crippen MR) is 95.5 cm³/mol.